The standard InChI is InChI=1S/C15H10BrFN2O2/c1-21-15(20)14-12-8-10(17)5-6-13(12)19(18-14)11-4-2-3-9(16)7-11/h2-8H,1H3. The van der Waals surface area contributed by atoms with Crippen LogP contribution >= 0.6 is 15.9 Å². The van der Waals surface area contributed by atoms with Crippen LogP contribution in [0.15, 0.2) is 46.9 Å². The van der Waals surface area contributed by atoms with Gasteiger partial charge in [0.15, 0.2) is 5.69 Å². The summed E-state index contributed by atoms with van der Waals surface area (Å²) in [5.41, 5.74) is 1.48. The molecule has 0 saturated carbocycles. The van der Waals surface area contributed by atoms with Crippen LogP contribution in [-0.2, 0) is 4.74 Å². The van der Waals surface area contributed by atoms with Crippen LogP contribution in [-0.4, -0.2) is 22.9 Å². The van der Waals surface area contributed by atoms with Gasteiger partial charge in [-0.2, -0.15) is 5.10 Å². The number of esters is 1. The van der Waals surface area contributed by atoms with Gasteiger partial charge in [-0.15, -0.1) is 0 Å². The monoisotopic (exact) mass is 348 g/mol. The predicted octanol–water partition coefficient (Wildman–Crippen LogP) is 3.71. The fraction of sp³-hybridized carbons (Fsp3) is 0.0667. The Morgan fingerprint density at radius 2 is 2.10 bits per heavy atom. The fourth-order valence-corrected chi connectivity index (χ4v) is 2.53. The van der Waals surface area contributed by atoms with Crippen molar-refractivity contribution in [3.05, 3.63) is 58.4 Å². The number of halogens is 2. The molecule has 0 spiro atoms. The highest BCUT2D eigenvalue weighted by atomic mass is 79.9. The molecule has 0 bridgehead atoms. The Bertz CT molecular complexity index is 845. The first kappa shape index (κ1) is 13.8. The molecule has 0 saturated heterocycles. The summed E-state index contributed by atoms with van der Waals surface area (Å²) in [7, 11) is 1.27. The summed E-state index contributed by atoms with van der Waals surface area (Å²) in [6.07, 6.45) is 0. The van der Waals surface area contributed by atoms with E-state index >= 15 is 0 Å². The summed E-state index contributed by atoms with van der Waals surface area (Å²) < 4.78 is 20.6. The van der Waals surface area contributed by atoms with Crippen molar-refractivity contribution in [1.82, 2.24) is 9.78 Å². The van der Waals surface area contributed by atoms with Crippen molar-refractivity contribution in [2.75, 3.05) is 7.11 Å². The van der Waals surface area contributed by atoms with Gasteiger partial charge in [0.05, 0.1) is 18.3 Å². The summed E-state index contributed by atoms with van der Waals surface area (Å²) in [6.45, 7) is 0. The van der Waals surface area contributed by atoms with Gasteiger partial charge in [-0.1, -0.05) is 22.0 Å². The quantitative estimate of drug-likeness (QED) is 0.663. The average Bonchev–Trinajstić information content (AvgIpc) is 2.85. The van der Waals surface area contributed by atoms with E-state index < -0.39 is 11.8 Å². The van der Waals surface area contributed by atoms with Crippen LogP contribution in [0.5, 0.6) is 0 Å². The van der Waals surface area contributed by atoms with E-state index in [1.54, 1.807) is 10.7 Å². The third kappa shape index (κ3) is 2.42. The van der Waals surface area contributed by atoms with Gasteiger partial charge in [0, 0.05) is 9.86 Å². The highest BCUT2D eigenvalue weighted by Gasteiger charge is 2.19. The highest BCUT2D eigenvalue weighted by Crippen LogP contribution is 2.25. The number of ether oxygens (including phenoxy) is 1. The van der Waals surface area contributed by atoms with Crippen LogP contribution in [0.4, 0.5) is 4.39 Å². The van der Waals surface area contributed by atoms with E-state index in [4.69, 9.17) is 4.74 Å². The molecule has 0 aliphatic rings. The predicted molar refractivity (Wildman–Crippen MR) is 80.1 cm³/mol. The van der Waals surface area contributed by atoms with Gasteiger partial charge in [-0.25, -0.2) is 13.9 Å². The van der Waals surface area contributed by atoms with E-state index in [2.05, 4.69) is 21.0 Å². The van der Waals surface area contributed by atoms with Gasteiger partial charge in [0.2, 0.25) is 0 Å². The lowest BCUT2D eigenvalue weighted by molar-refractivity contribution is 0.0595. The van der Waals surface area contributed by atoms with Crippen LogP contribution in [0.1, 0.15) is 10.5 Å². The Morgan fingerprint density at radius 1 is 1.29 bits per heavy atom. The average molecular weight is 349 g/mol. The van der Waals surface area contributed by atoms with Crippen molar-refractivity contribution >= 4 is 32.8 Å². The summed E-state index contributed by atoms with van der Waals surface area (Å²) in [5.74, 6) is -1.03. The van der Waals surface area contributed by atoms with Crippen LogP contribution in [0.2, 0.25) is 0 Å². The molecule has 3 aromatic rings. The lowest BCUT2D eigenvalue weighted by Gasteiger charge is -2.03. The molecule has 6 heteroatoms. The van der Waals surface area contributed by atoms with Crippen molar-refractivity contribution in [1.29, 1.82) is 0 Å². The highest BCUT2D eigenvalue weighted by molar-refractivity contribution is 9.10. The summed E-state index contributed by atoms with van der Waals surface area (Å²) >= 11 is 3.39. The molecule has 21 heavy (non-hydrogen) atoms. The van der Waals surface area contributed by atoms with Crippen molar-refractivity contribution in [2.24, 2.45) is 0 Å². The Balaban J connectivity index is 2.31. The molecule has 3 rings (SSSR count). The maximum Gasteiger partial charge on any atom is 0.359 e. The summed E-state index contributed by atoms with van der Waals surface area (Å²) in [5, 5.41) is 4.69. The summed E-state index contributed by atoms with van der Waals surface area (Å²) in [4.78, 5) is 11.8. The third-order valence-electron chi connectivity index (χ3n) is 3.07. The number of hydrogen-bond donors (Lipinski definition) is 0. The molecule has 1 heterocycles. The Hall–Kier alpha value is -2.21. The van der Waals surface area contributed by atoms with Gasteiger partial charge in [-0.05, 0) is 36.4 Å². The third-order valence-corrected chi connectivity index (χ3v) is 3.57. The number of nitrogens with zero attached hydrogens (tertiary/aromatic N) is 2. The normalized spacial score (nSPS) is 10.8. The molecule has 2 aromatic carbocycles. The van der Waals surface area contributed by atoms with Crippen LogP contribution in [0.3, 0.4) is 0 Å². The molecule has 4 nitrogen and oxygen atoms in total. The molecule has 0 atom stereocenters. The zero-order valence-corrected chi connectivity index (χ0v) is 12.6. The van der Waals surface area contributed by atoms with Crippen LogP contribution < -0.4 is 0 Å². The number of fused-ring (bicyclic) bond motifs is 1. The maximum absolute atomic E-state index is 13.5. The van der Waals surface area contributed by atoms with E-state index in [0.29, 0.717) is 10.9 Å². The number of rotatable bonds is 2. The topological polar surface area (TPSA) is 44.1 Å². The minimum absolute atomic E-state index is 0.0898. The van der Waals surface area contributed by atoms with E-state index in [1.165, 1.54) is 19.2 Å². The number of methoxy groups -OCH3 is 1. The van der Waals surface area contributed by atoms with Crippen molar-refractivity contribution in [2.45, 2.75) is 0 Å². The second-order valence-electron chi connectivity index (χ2n) is 4.39. The molecule has 0 fully saturated rings. The largest absolute Gasteiger partial charge is 0.464 e. The van der Waals surface area contributed by atoms with Gasteiger partial charge in [-0.3, -0.25) is 0 Å². The van der Waals surface area contributed by atoms with Gasteiger partial charge >= 0.3 is 5.97 Å². The molecule has 0 amide bonds. The molecule has 0 aliphatic heterocycles. The first-order chi connectivity index (χ1) is 10.1. The number of hydrogen-bond acceptors (Lipinski definition) is 3. The molecule has 0 radical (unpaired) electrons. The number of carbonyl (C=O) groups excluding carboxylic acids is 1. The zero-order valence-electron chi connectivity index (χ0n) is 11.0. The van der Waals surface area contributed by atoms with Crippen molar-refractivity contribution in [3.63, 3.8) is 0 Å². The SMILES string of the molecule is COC(=O)c1nn(-c2cccc(Br)c2)c2ccc(F)cc12. The Kier molecular flexibility index (Phi) is 3.47. The fourth-order valence-electron chi connectivity index (χ4n) is 2.14. The van der Waals surface area contributed by atoms with Crippen molar-refractivity contribution < 1.29 is 13.9 Å². The lowest BCUT2D eigenvalue weighted by Crippen LogP contribution is -2.04. The Labute approximate surface area is 128 Å². The van der Waals surface area contributed by atoms with E-state index in [9.17, 15) is 9.18 Å². The minimum atomic E-state index is -0.598. The number of aromatic nitrogens is 2. The Morgan fingerprint density at radius 3 is 2.81 bits per heavy atom. The van der Waals surface area contributed by atoms with Gasteiger partial charge in [0.1, 0.15) is 5.82 Å². The van der Waals surface area contributed by atoms with E-state index in [1.807, 2.05) is 24.3 Å². The van der Waals surface area contributed by atoms with E-state index in [-0.39, 0.29) is 5.69 Å². The maximum atomic E-state index is 13.5. The second-order valence-corrected chi connectivity index (χ2v) is 5.31. The zero-order chi connectivity index (χ0) is 15.0. The molecule has 1 aromatic heterocycles. The number of benzene rings is 2. The first-order valence-corrected chi connectivity index (χ1v) is 6.92. The second kappa shape index (κ2) is 5.29. The first-order valence-electron chi connectivity index (χ1n) is 6.12. The molecule has 0 aliphatic carbocycles. The van der Waals surface area contributed by atoms with Crippen molar-refractivity contribution in [3.8, 4) is 5.69 Å². The smallest absolute Gasteiger partial charge is 0.359 e. The van der Waals surface area contributed by atoms with E-state index in [0.717, 1.165) is 10.2 Å². The molecular weight excluding hydrogens is 339 g/mol. The van der Waals surface area contributed by atoms with Crippen LogP contribution in [0.25, 0.3) is 16.6 Å². The molecule has 106 valence electrons. The molecule has 0 unspecified atom stereocenters. The molecular formula is C15H10BrFN2O2. The molecule has 0 N–H and O–H groups in total. The summed E-state index contributed by atoms with van der Waals surface area (Å²) in [6, 6.07) is 11.6. The van der Waals surface area contributed by atoms with Gasteiger partial charge < -0.3 is 4.74 Å². The number of carbonyl (C=O) groups is 1. The minimum Gasteiger partial charge on any atom is -0.464 e. The van der Waals surface area contributed by atoms with Gasteiger partial charge in [0.25, 0.3) is 0 Å². The lowest BCUT2D eigenvalue weighted by atomic mass is 10.2. The van der Waals surface area contributed by atoms with Crippen LogP contribution in [0, 0.1) is 5.82 Å².